The molecule has 0 aliphatic carbocycles. The third kappa shape index (κ3) is 2.74. The fraction of sp³-hybridized carbons (Fsp3) is 0.300. The summed E-state index contributed by atoms with van der Waals surface area (Å²) in [6, 6.07) is 1.60. The predicted octanol–water partition coefficient (Wildman–Crippen LogP) is 3.47. The van der Waals surface area contributed by atoms with Crippen LogP contribution < -0.4 is 0 Å². The molecule has 0 aliphatic heterocycles. The van der Waals surface area contributed by atoms with Gasteiger partial charge in [-0.15, -0.1) is 6.58 Å². The second kappa shape index (κ2) is 4.87. The number of furan rings is 1. The molecule has 1 aromatic rings. The number of unbranched alkanes of at least 4 members (excludes halogenated alkanes) is 1. The molecule has 0 atom stereocenters. The van der Waals surface area contributed by atoms with Crippen LogP contribution in [0.15, 0.2) is 29.4 Å². The zero-order valence-electron chi connectivity index (χ0n) is 7.25. The summed E-state index contributed by atoms with van der Waals surface area (Å²) in [5, 5.41) is 0.184. The topological polar surface area (TPSA) is 30.2 Å². The summed E-state index contributed by atoms with van der Waals surface area (Å²) in [6.07, 6.45) is 5.36. The van der Waals surface area contributed by atoms with Gasteiger partial charge in [-0.1, -0.05) is 6.08 Å². The zero-order valence-corrected chi connectivity index (χ0v) is 8.01. The molecule has 0 aliphatic rings. The first-order chi connectivity index (χ1) is 6.25. The number of ketones is 1. The molecule has 0 spiro atoms. The van der Waals surface area contributed by atoms with E-state index in [4.69, 9.17) is 16.0 Å². The van der Waals surface area contributed by atoms with Crippen LogP contribution in [0.4, 0.5) is 0 Å². The fourth-order valence-corrected chi connectivity index (χ4v) is 1.25. The van der Waals surface area contributed by atoms with E-state index in [9.17, 15) is 4.79 Å². The first-order valence-electron chi connectivity index (χ1n) is 4.12. The van der Waals surface area contributed by atoms with E-state index in [2.05, 4.69) is 6.58 Å². The largest absolute Gasteiger partial charge is 0.452 e. The van der Waals surface area contributed by atoms with Gasteiger partial charge in [-0.3, -0.25) is 4.79 Å². The number of rotatable bonds is 5. The van der Waals surface area contributed by atoms with Gasteiger partial charge in [0.15, 0.2) is 5.78 Å². The Balaban J connectivity index is 2.49. The molecule has 1 rings (SSSR count). The quantitative estimate of drug-likeness (QED) is 0.412. The Morgan fingerprint density at radius 3 is 3.00 bits per heavy atom. The SMILES string of the molecule is C=CCCCC(=O)c1ccoc1Cl. The molecule has 0 amide bonds. The number of hydrogen-bond acceptors (Lipinski definition) is 2. The Hall–Kier alpha value is -1.02. The number of allylic oxidation sites excluding steroid dienone is 1. The van der Waals surface area contributed by atoms with Gasteiger partial charge in [-0.25, -0.2) is 0 Å². The van der Waals surface area contributed by atoms with Crippen molar-refractivity contribution in [2.45, 2.75) is 19.3 Å². The maximum Gasteiger partial charge on any atom is 0.203 e. The molecule has 0 saturated carbocycles. The summed E-state index contributed by atoms with van der Waals surface area (Å²) in [5.74, 6) is 0.0283. The van der Waals surface area contributed by atoms with Crippen LogP contribution in [0.25, 0.3) is 0 Å². The Labute approximate surface area is 82.2 Å². The highest BCUT2D eigenvalue weighted by atomic mass is 35.5. The normalized spacial score (nSPS) is 9.92. The van der Waals surface area contributed by atoms with Gasteiger partial charge in [0.25, 0.3) is 0 Å². The van der Waals surface area contributed by atoms with E-state index in [1.165, 1.54) is 6.26 Å². The average Bonchev–Trinajstić information content (AvgIpc) is 2.52. The second-order valence-corrected chi connectivity index (χ2v) is 3.06. The molecule has 0 N–H and O–H groups in total. The minimum absolute atomic E-state index is 0.0283. The first kappa shape index (κ1) is 10.1. The smallest absolute Gasteiger partial charge is 0.203 e. The summed E-state index contributed by atoms with van der Waals surface area (Å²) in [7, 11) is 0. The number of carbonyl (C=O) groups excluding carboxylic acids is 1. The average molecular weight is 199 g/mol. The minimum Gasteiger partial charge on any atom is -0.452 e. The number of Topliss-reactive ketones (excluding diaryl/α,β-unsaturated/α-hetero) is 1. The van der Waals surface area contributed by atoms with E-state index < -0.39 is 0 Å². The van der Waals surface area contributed by atoms with E-state index in [0.717, 1.165) is 12.8 Å². The molecule has 3 heteroatoms. The molecule has 0 aromatic carbocycles. The lowest BCUT2D eigenvalue weighted by atomic mass is 10.1. The number of hydrogen-bond donors (Lipinski definition) is 0. The molecule has 0 radical (unpaired) electrons. The van der Waals surface area contributed by atoms with Gasteiger partial charge in [0.1, 0.15) is 0 Å². The molecule has 2 nitrogen and oxygen atoms in total. The molecule has 0 bridgehead atoms. The first-order valence-corrected chi connectivity index (χ1v) is 4.50. The lowest BCUT2D eigenvalue weighted by Crippen LogP contribution is -1.96. The summed E-state index contributed by atoms with van der Waals surface area (Å²) in [5.41, 5.74) is 0.478. The lowest BCUT2D eigenvalue weighted by Gasteiger charge is -1.95. The van der Waals surface area contributed by atoms with Crippen LogP contribution in [-0.4, -0.2) is 5.78 Å². The van der Waals surface area contributed by atoms with Crippen molar-refractivity contribution in [2.24, 2.45) is 0 Å². The van der Waals surface area contributed by atoms with Gasteiger partial charge < -0.3 is 4.42 Å². The standard InChI is InChI=1S/C10H11ClO2/c1-2-3-4-5-9(12)8-6-7-13-10(8)11/h2,6-7H,1,3-5H2. The second-order valence-electron chi connectivity index (χ2n) is 2.71. The van der Waals surface area contributed by atoms with Crippen LogP contribution >= 0.6 is 11.6 Å². The number of halogens is 1. The Kier molecular flexibility index (Phi) is 3.77. The zero-order chi connectivity index (χ0) is 9.68. The van der Waals surface area contributed by atoms with Crippen molar-refractivity contribution >= 4 is 17.4 Å². The molecular formula is C10H11ClO2. The third-order valence-electron chi connectivity index (χ3n) is 1.73. The van der Waals surface area contributed by atoms with Crippen molar-refractivity contribution in [1.82, 2.24) is 0 Å². The van der Waals surface area contributed by atoms with Crippen LogP contribution in [0.1, 0.15) is 29.6 Å². The summed E-state index contributed by atoms with van der Waals surface area (Å²) in [4.78, 5) is 11.4. The van der Waals surface area contributed by atoms with Gasteiger partial charge in [-0.05, 0) is 30.5 Å². The van der Waals surface area contributed by atoms with E-state index in [1.807, 2.05) is 0 Å². The van der Waals surface area contributed by atoms with Gasteiger partial charge in [0.05, 0.1) is 11.8 Å². The van der Waals surface area contributed by atoms with Crippen LogP contribution in [0.3, 0.4) is 0 Å². The molecule has 70 valence electrons. The van der Waals surface area contributed by atoms with Crippen molar-refractivity contribution in [3.8, 4) is 0 Å². The van der Waals surface area contributed by atoms with Gasteiger partial charge in [0, 0.05) is 6.42 Å². The highest BCUT2D eigenvalue weighted by molar-refractivity contribution is 6.32. The van der Waals surface area contributed by atoms with Crippen molar-refractivity contribution < 1.29 is 9.21 Å². The Morgan fingerprint density at radius 2 is 2.46 bits per heavy atom. The molecule has 0 fully saturated rings. The monoisotopic (exact) mass is 198 g/mol. The molecule has 0 unspecified atom stereocenters. The maximum absolute atomic E-state index is 11.4. The van der Waals surface area contributed by atoms with Crippen molar-refractivity contribution in [3.05, 3.63) is 35.8 Å². The number of carbonyl (C=O) groups is 1. The highest BCUT2D eigenvalue weighted by Gasteiger charge is 2.11. The maximum atomic E-state index is 11.4. The predicted molar refractivity (Wildman–Crippen MR) is 52.1 cm³/mol. The van der Waals surface area contributed by atoms with Gasteiger partial charge in [0.2, 0.25) is 5.22 Å². The molecule has 1 aromatic heterocycles. The van der Waals surface area contributed by atoms with E-state index in [1.54, 1.807) is 12.1 Å². The summed E-state index contributed by atoms with van der Waals surface area (Å²) in [6.45, 7) is 3.58. The minimum atomic E-state index is 0.0283. The van der Waals surface area contributed by atoms with Crippen LogP contribution in [0.5, 0.6) is 0 Å². The Morgan fingerprint density at radius 1 is 1.69 bits per heavy atom. The van der Waals surface area contributed by atoms with Crippen LogP contribution in [0, 0.1) is 0 Å². The van der Waals surface area contributed by atoms with E-state index >= 15 is 0 Å². The molecule has 0 saturated heterocycles. The van der Waals surface area contributed by atoms with Crippen molar-refractivity contribution in [3.63, 3.8) is 0 Å². The highest BCUT2D eigenvalue weighted by Crippen LogP contribution is 2.19. The van der Waals surface area contributed by atoms with Gasteiger partial charge >= 0.3 is 0 Å². The summed E-state index contributed by atoms with van der Waals surface area (Å²) >= 11 is 5.64. The van der Waals surface area contributed by atoms with Crippen molar-refractivity contribution in [2.75, 3.05) is 0 Å². The lowest BCUT2D eigenvalue weighted by molar-refractivity contribution is 0.0980. The van der Waals surface area contributed by atoms with Crippen LogP contribution in [0.2, 0.25) is 5.22 Å². The van der Waals surface area contributed by atoms with Crippen LogP contribution in [-0.2, 0) is 0 Å². The Bertz CT molecular complexity index is 302. The third-order valence-corrected chi connectivity index (χ3v) is 2.02. The molecule has 1 heterocycles. The molecule has 13 heavy (non-hydrogen) atoms. The molecular weight excluding hydrogens is 188 g/mol. The van der Waals surface area contributed by atoms with Crippen molar-refractivity contribution in [1.29, 1.82) is 0 Å². The van der Waals surface area contributed by atoms with Gasteiger partial charge in [-0.2, -0.15) is 0 Å². The fourth-order valence-electron chi connectivity index (χ4n) is 1.03. The van der Waals surface area contributed by atoms with E-state index in [-0.39, 0.29) is 11.0 Å². The van der Waals surface area contributed by atoms with E-state index in [0.29, 0.717) is 12.0 Å². The summed E-state index contributed by atoms with van der Waals surface area (Å²) < 4.78 is 4.82.